The van der Waals surface area contributed by atoms with E-state index in [9.17, 15) is 9.59 Å². The number of H-pyrrole nitrogens is 1. The molecule has 6 heterocycles. The summed E-state index contributed by atoms with van der Waals surface area (Å²) in [5, 5.41) is 8.98. The van der Waals surface area contributed by atoms with E-state index < -0.39 is 17.4 Å². The minimum Gasteiger partial charge on any atom is -0.489 e. The number of aromatic amines is 1. The van der Waals surface area contributed by atoms with Gasteiger partial charge in [0, 0.05) is 36.8 Å². The van der Waals surface area contributed by atoms with Gasteiger partial charge >= 0.3 is 11.8 Å². The maximum absolute atomic E-state index is 14.3. The van der Waals surface area contributed by atoms with Crippen LogP contribution < -0.4 is 15.3 Å². The molecule has 0 radical (unpaired) electrons. The first-order valence-corrected chi connectivity index (χ1v) is 16.1. The second-order valence-corrected chi connectivity index (χ2v) is 13.9. The van der Waals surface area contributed by atoms with E-state index in [2.05, 4.69) is 15.2 Å². The molecule has 5 aromatic rings. The fourth-order valence-corrected chi connectivity index (χ4v) is 6.85. The first-order valence-electron chi connectivity index (χ1n) is 15.8. The van der Waals surface area contributed by atoms with Crippen LogP contribution in [0.1, 0.15) is 57.4 Å². The standard InChI is InChI=1S/C34H37ClN8O4/c1-17(2)26-28(19(4)10-11-36-26)43-31-24-29(25(35)27(38-31)23-18(3)8-9-22-21(23)14-37-40-22)46-16-20-15-41(33(45)47-34(5,6)7)12-13-42(20)30(24)39-32(43)44/h8-11,14,17,20H,12-13,15-16H2,1-7H3,(H,37,40)/t20-/m1/s1. The molecule has 1 saturated heterocycles. The predicted octanol–water partition coefficient (Wildman–Crippen LogP) is 5.93. The molecule has 0 aliphatic carbocycles. The van der Waals surface area contributed by atoms with Crippen LogP contribution >= 0.6 is 11.6 Å². The molecule has 0 unspecified atom stereocenters. The summed E-state index contributed by atoms with van der Waals surface area (Å²) in [5.74, 6) is 0.819. The molecule has 4 aromatic heterocycles. The molecule has 47 heavy (non-hydrogen) atoms. The van der Waals surface area contributed by atoms with Crippen LogP contribution in [0.3, 0.4) is 0 Å². The Kier molecular flexibility index (Phi) is 7.38. The lowest BCUT2D eigenvalue weighted by Crippen LogP contribution is -2.57. The van der Waals surface area contributed by atoms with E-state index in [1.165, 1.54) is 0 Å². The SMILES string of the molecule is Cc1ccnc(C(C)C)c1-n1c(=O)nc2c3c(c(Cl)c(-c4c(C)ccc5[nH]ncc45)nc31)OC[C@H]1CN(C(=O)OC(C)(C)C)CCN21. The van der Waals surface area contributed by atoms with E-state index in [0.29, 0.717) is 58.6 Å². The number of hydrogen-bond acceptors (Lipinski definition) is 9. The van der Waals surface area contributed by atoms with Crippen molar-refractivity contribution in [2.45, 2.75) is 66.0 Å². The number of benzene rings is 1. The van der Waals surface area contributed by atoms with Crippen molar-refractivity contribution in [3.8, 4) is 22.7 Å². The second-order valence-electron chi connectivity index (χ2n) is 13.5. The highest BCUT2D eigenvalue weighted by Crippen LogP contribution is 2.47. The van der Waals surface area contributed by atoms with Gasteiger partial charge in [0.05, 0.1) is 34.8 Å². The molecule has 1 amide bonds. The number of ether oxygens (including phenoxy) is 2. The molecule has 0 bridgehead atoms. The van der Waals surface area contributed by atoms with Crippen molar-refractivity contribution >= 4 is 45.4 Å². The zero-order chi connectivity index (χ0) is 33.4. The highest BCUT2D eigenvalue weighted by Gasteiger charge is 2.39. The number of aromatic nitrogens is 6. The molecule has 0 spiro atoms. The number of anilines is 1. The van der Waals surface area contributed by atoms with Crippen molar-refractivity contribution in [3.05, 3.63) is 62.9 Å². The van der Waals surface area contributed by atoms with Gasteiger partial charge in [-0.2, -0.15) is 10.1 Å². The Hall–Kier alpha value is -4.71. The van der Waals surface area contributed by atoms with Crippen LogP contribution in [0.2, 0.25) is 5.02 Å². The molecule has 13 heteroatoms. The van der Waals surface area contributed by atoms with E-state index in [1.54, 1.807) is 21.9 Å². The third-order valence-electron chi connectivity index (χ3n) is 8.72. The minimum absolute atomic E-state index is 0.0111. The summed E-state index contributed by atoms with van der Waals surface area (Å²) in [5.41, 5.74) is 4.48. The van der Waals surface area contributed by atoms with Gasteiger partial charge in [0.2, 0.25) is 0 Å². The van der Waals surface area contributed by atoms with E-state index in [4.69, 9.17) is 31.0 Å². The van der Waals surface area contributed by atoms with Crippen molar-refractivity contribution in [3.63, 3.8) is 0 Å². The van der Waals surface area contributed by atoms with Gasteiger partial charge in [-0.1, -0.05) is 31.5 Å². The lowest BCUT2D eigenvalue weighted by Gasteiger charge is -2.41. The van der Waals surface area contributed by atoms with Gasteiger partial charge in [0.15, 0.2) is 11.4 Å². The second kappa shape index (κ2) is 11.2. The van der Waals surface area contributed by atoms with Crippen LogP contribution in [0.4, 0.5) is 10.6 Å². The molecule has 1 fully saturated rings. The predicted molar refractivity (Wildman–Crippen MR) is 181 cm³/mol. The van der Waals surface area contributed by atoms with Crippen LogP contribution in [-0.2, 0) is 4.74 Å². The summed E-state index contributed by atoms with van der Waals surface area (Å²) >= 11 is 7.29. The van der Waals surface area contributed by atoms with Gasteiger partial charge in [-0.25, -0.2) is 19.1 Å². The zero-order valence-electron chi connectivity index (χ0n) is 27.5. The molecule has 2 aliphatic rings. The van der Waals surface area contributed by atoms with Crippen molar-refractivity contribution in [2.24, 2.45) is 0 Å². The summed E-state index contributed by atoms with van der Waals surface area (Å²) in [7, 11) is 0. The highest BCUT2D eigenvalue weighted by molar-refractivity contribution is 6.36. The number of nitrogens with zero attached hydrogens (tertiary/aromatic N) is 7. The third-order valence-corrected chi connectivity index (χ3v) is 9.08. The van der Waals surface area contributed by atoms with E-state index >= 15 is 0 Å². The number of halogens is 1. The minimum atomic E-state index is -0.631. The molecule has 12 nitrogen and oxygen atoms in total. The van der Waals surface area contributed by atoms with E-state index in [0.717, 1.165) is 33.3 Å². The number of aryl methyl sites for hydroxylation is 2. The molecule has 1 aromatic carbocycles. The first-order chi connectivity index (χ1) is 22.3. The summed E-state index contributed by atoms with van der Waals surface area (Å²) in [6.07, 6.45) is 3.10. The number of amides is 1. The summed E-state index contributed by atoms with van der Waals surface area (Å²) in [6.45, 7) is 14.8. The Balaban J connectivity index is 1.50. The number of carbonyl (C=O) groups is 1. The Morgan fingerprint density at radius 2 is 1.91 bits per heavy atom. The largest absolute Gasteiger partial charge is 0.489 e. The van der Waals surface area contributed by atoms with Gasteiger partial charge in [-0.3, -0.25) is 10.1 Å². The summed E-state index contributed by atoms with van der Waals surface area (Å²) in [4.78, 5) is 45.7. The fourth-order valence-electron chi connectivity index (χ4n) is 6.56. The van der Waals surface area contributed by atoms with E-state index in [-0.39, 0.29) is 18.6 Å². The van der Waals surface area contributed by atoms with Crippen LogP contribution in [0.25, 0.3) is 38.9 Å². The third kappa shape index (κ3) is 5.15. The van der Waals surface area contributed by atoms with Crippen LogP contribution in [0.15, 0.2) is 35.4 Å². The zero-order valence-corrected chi connectivity index (χ0v) is 28.3. The number of rotatable bonds is 3. The smallest absolute Gasteiger partial charge is 0.410 e. The Labute approximate surface area is 276 Å². The van der Waals surface area contributed by atoms with Crippen molar-refractivity contribution in [2.75, 3.05) is 31.1 Å². The number of carbonyl (C=O) groups excluding carboxylic acids is 1. The van der Waals surface area contributed by atoms with Crippen molar-refractivity contribution in [1.29, 1.82) is 0 Å². The van der Waals surface area contributed by atoms with Crippen molar-refractivity contribution < 1.29 is 14.3 Å². The van der Waals surface area contributed by atoms with Gasteiger partial charge in [0.25, 0.3) is 0 Å². The average molecular weight is 657 g/mol. The van der Waals surface area contributed by atoms with Gasteiger partial charge in [-0.05, 0) is 63.8 Å². The molecular formula is C34H37ClN8O4. The average Bonchev–Trinajstić information content (AvgIpc) is 3.42. The maximum atomic E-state index is 14.3. The number of nitrogens with one attached hydrogen (secondary N) is 1. The maximum Gasteiger partial charge on any atom is 0.410 e. The monoisotopic (exact) mass is 656 g/mol. The van der Waals surface area contributed by atoms with E-state index in [1.807, 2.05) is 71.6 Å². The first kappa shape index (κ1) is 30.9. The molecule has 1 atom stereocenters. The molecule has 2 aliphatic heterocycles. The molecule has 1 N–H and O–H groups in total. The van der Waals surface area contributed by atoms with Crippen LogP contribution in [-0.4, -0.2) is 78.6 Å². The highest BCUT2D eigenvalue weighted by atomic mass is 35.5. The number of piperazine rings is 1. The molecule has 0 saturated carbocycles. The number of hydrogen-bond donors (Lipinski definition) is 1. The van der Waals surface area contributed by atoms with Crippen molar-refractivity contribution in [1.82, 2.24) is 34.6 Å². The lowest BCUT2D eigenvalue weighted by atomic mass is 10.00. The fraction of sp³-hybridized carbons (Fsp3) is 0.412. The normalized spacial score (nSPS) is 16.4. The molecule has 7 rings (SSSR count). The quantitative estimate of drug-likeness (QED) is 0.251. The summed E-state index contributed by atoms with van der Waals surface area (Å²) in [6, 6.07) is 5.50. The van der Waals surface area contributed by atoms with Gasteiger partial charge < -0.3 is 19.3 Å². The molecule has 244 valence electrons. The van der Waals surface area contributed by atoms with Gasteiger partial charge in [-0.15, -0.1) is 0 Å². The Bertz CT molecular complexity index is 2130. The van der Waals surface area contributed by atoms with Gasteiger partial charge in [0.1, 0.15) is 28.4 Å². The Morgan fingerprint density at radius 1 is 1.13 bits per heavy atom. The lowest BCUT2D eigenvalue weighted by molar-refractivity contribution is 0.0202. The number of fused-ring (bicyclic) bond motifs is 3. The topological polar surface area (TPSA) is 131 Å². The van der Waals surface area contributed by atoms with Crippen LogP contribution in [0.5, 0.6) is 5.75 Å². The number of pyridine rings is 2. The Morgan fingerprint density at radius 3 is 2.66 bits per heavy atom. The van der Waals surface area contributed by atoms with Crippen LogP contribution in [0, 0.1) is 13.8 Å². The molecular weight excluding hydrogens is 620 g/mol. The summed E-state index contributed by atoms with van der Waals surface area (Å²) < 4.78 is 13.8.